The van der Waals surface area contributed by atoms with E-state index in [1.54, 1.807) is 0 Å². The fraction of sp³-hybridized carbons (Fsp3) is 0.300. The SMILES string of the molecule is Cc1nc(CCN)n2cccc(Br)c12. The maximum Gasteiger partial charge on any atom is 0.114 e. The summed E-state index contributed by atoms with van der Waals surface area (Å²) in [7, 11) is 0. The van der Waals surface area contributed by atoms with Gasteiger partial charge >= 0.3 is 0 Å². The molecule has 0 spiro atoms. The molecule has 4 heteroatoms. The van der Waals surface area contributed by atoms with Crippen molar-refractivity contribution in [2.45, 2.75) is 13.3 Å². The predicted octanol–water partition coefficient (Wildman–Crippen LogP) is 1.91. The third-order valence-electron chi connectivity index (χ3n) is 2.23. The van der Waals surface area contributed by atoms with Gasteiger partial charge in [0, 0.05) is 17.1 Å². The molecule has 2 rings (SSSR count). The summed E-state index contributed by atoms with van der Waals surface area (Å²) in [6, 6.07) is 4.02. The van der Waals surface area contributed by atoms with Gasteiger partial charge in [0.2, 0.25) is 0 Å². The minimum absolute atomic E-state index is 0.630. The molecule has 0 unspecified atom stereocenters. The zero-order chi connectivity index (χ0) is 10.1. The molecule has 2 aromatic heterocycles. The summed E-state index contributed by atoms with van der Waals surface area (Å²) < 4.78 is 3.17. The van der Waals surface area contributed by atoms with E-state index in [9.17, 15) is 0 Å². The van der Waals surface area contributed by atoms with E-state index in [4.69, 9.17) is 5.73 Å². The molecule has 0 aliphatic carbocycles. The molecule has 0 amide bonds. The van der Waals surface area contributed by atoms with Gasteiger partial charge < -0.3 is 10.1 Å². The molecule has 0 aromatic carbocycles. The van der Waals surface area contributed by atoms with Crippen LogP contribution in [0.5, 0.6) is 0 Å². The molecule has 0 bridgehead atoms. The molecule has 2 heterocycles. The summed E-state index contributed by atoms with van der Waals surface area (Å²) in [6.45, 7) is 2.64. The van der Waals surface area contributed by atoms with Crippen LogP contribution in [0, 0.1) is 6.92 Å². The van der Waals surface area contributed by atoms with Gasteiger partial charge in [-0.3, -0.25) is 0 Å². The number of nitrogens with zero attached hydrogens (tertiary/aromatic N) is 2. The number of hydrogen-bond donors (Lipinski definition) is 1. The number of pyridine rings is 1. The molecular formula is C10H12BrN3. The fourth-order valence-corrected chi connectivity index (χ4v) is 2.28. The van der Waals surface area contributed by atoms with Crippen molar-refractivity contribution in [2.24, 2.45) is 5.73 Å². The van der Waals surface area contributed by atoms with Crippen molar-refractivity contribution in [3.05, 3.63) is 34.3 Å². The van der Waals surface area contributed by atoms with E-state index < -0.39 is 0 Å². The van der Waals surface area contributed by atoms with E-state index >= 15 is 0 Å². The molecule has 14 heavy (non-hydrogen) atoms. The lowest BCUT2D eigenvalue weighted by molar-refractivity contribution is 0.860. The third kappa shape index (κ3) is 1.44. The van der Waals surface area contributed by atoms with E-state index in [-0.39, 0.29) is 0 Å². The molecule has 0 fully saturated rings. The lowest BCUT2D eigenvalue weighted by atomic mass is 10.3. The van der Waals surface area contributed by atoms with E-state index in [0.29, 0.717) is 6.54 Å². The predicted molar refractivity (Wildman–Crippen MR) is 60.4 cm³/mol. The molecule has 0 saturated heterocycles. The standard InChI is InChI=1S/C10H12BrN3/c1-7-10-8(11)3-2-6-14(10)9(13-7)4-5-12/h2-3,6H,4-5,12H2,1H3. The van der Waals surface area contributed by atoms with Gasteiger partial charge in [0.15, 0.2) is 0 Å². The first-order valence-corrected chi connectivity index (χ1v) is 5.35. The molecule has 0 aliphatic heterocycles. The third-order valence-corrected chi connectivity index (χ3v) is 2.87. The van der Waals surface area contributed by atoms with Crippen LogP contribution >= 0.6 is 15.9 Å². The highest BCUT2D eigenvalue weighted by Gasteiger charge is 2.08. The minimum atomic E-state index is 0.630. The van der Waals surface area contributed by atoms with Gasteiger partial charge in [-0.2, -0.15) is 0 Å². The van der Waals surface area contributed by atoms with Crippen LogP contribution in [0.15, 0.2) is 22.8 Å². The van der Waals surface area contributed by atoms with Gasteiger partial charge in [0.05, 0.1) is 11.2 Å². The Kier molecular flexibility index (Phi) is 2.56. The molecule has 0 saturated carbocycles. The summed E-state index contributed by atoms with van der Waals surface area (Å²) >= 11 is 3.52. The average Bonchev–Trinajstić information content (AvgIpc) is 2.46. The van der Waals surface area contributed by atoms with Crippen molar-refractivity contribution in [2.75, 3.05) is 6.54 Å². The first kappa shape index (κ1) is 9.68. The number of fused-ring (bicyclic) bond motifs is 1. The Labute approximate surface area is 91.1 Å². The number of imidazole rings is 1. The first-order chi connectivity index (χ1) is 6.74. The lowest BCUT2D eigenvalue weighted by Crippen LogP contribution is -2.06. The monoisotopic (exact) mass is 253 g/mol. The van der Waals surface area contributed by atoms with Crippen LogP contribution in [0.1, 0.15) is 11.5 Å². The van der Waals surface area contributed by atoms with Crippen LogP contribution in [0.25, 0.3) is 5.52 Å². The smallest absolute Gasteiger partial charge is 0.114 e. The van der Waals surface area contributed by atoms with E-state index in [0.717, 1.165) is 27.9 Å². The Balaban J connectivity index is 2.71. The van der Waals surface area contributed by atoms with E-state index in [1.165, 1.54) is 0 Å². The second-order valence-electron chi connectivity index (χ2n) is 3.23. The van der Waals surface area contributed by atoms with Gasteiger partial charge in [-0.05, 0) is 41.5 Å². The van der Waals surface area contributed by atoms with Crippen LogP contribution in [0.2, 0.25) is 0 Å². The Morgan fingerprint density at radius 3 is 3.07 bits per heavy atom. The van der Waals surface area contributed by atoms with Gasteiger partial charge in [0.25, 0.3) is 0 Å². The van der Waals surface area contributed by atoms with Crippen molar-refractivity contribution < 1.29 is 0 Å². The number of hydrogen-bond acceptors (Lipinski definition) is 2. The highest BCUT2D eigenvalue weighted by molar-refractivity contribution is 9.10. The topological polar surface area (TPSA) is 43.3 Å². The normalized spacial score (nSPS) is 11.1. The maximum absolute atomic E-state index is 5.53. The summed E-state index contributed by atoms with van der Waals surface area (Å²) in [4.78, 5) is 4.49. The van der Waals surface area contributed by atoms with E-state index in [2.05, 4.69) is 25.3 Å². The Morgan fingerprint density at radius 1 is 1.57 bits per heavy atom. The molecule has 74 valence electrons. The van der Waals surface area contributed by atoms with Crippen LogP contribution in [-0.2, 0) is 6.42 Å². The average molecular weight is 254 g/mol. The van der Waals surface area contributed by atoms with Gasteiger partial charge in [-0.15, -0.1) is 0 Å². The second-order valence-corrected chi connectivity index (χ2v) is 4.08. The summed E-state index contributed by atoms with van der Waals surface area (Å²) in [5.41, 5.74) is 7.71. The van der Waals surface area contributed by atoms with Crippen LogP contribution < -0.4 is 5.73 Å². The van der Waals surface area contributed by atoms with Crippen molar-refractivity contribution in [3.63, 3.8) is 0 Å². The number of nitrogens with two attached hydrogens (primary N) is 1. The fourth-order valence-electron chi connectivity index (χ4n) is 1.65. The Hall–Kier alpha value is -0.870. The van der Waals surface area contributed by atoms with E-state index in [1.807, 2.05) is 25.3 Å². The van der Waals surface area contributed by atoms with Crippen LogP contribution in [0.3, 0.4) is 0 Å². The second kappa shape index (κ2) is 3.71. The van der Waals surface area contributed by atoms with Gasteiger partial charge in [-0.1, -0.05) is 0 Å². The van der Waals surface area contributed by atoms with Crippen molar-refractivity contribution in [1.29, 1.82) is 0 Å². The highest BCUT2D eigenvalue weighted by Crippen LogP contribution is 2.22. The molecule has 2 N–H and O–H groups in total. The number of rotatable bonds is 2. The number of aromatic nitrogens is 2. The summed E-state index contributed by atoms with van der Waals surface area (Å²) in [5, 5.41) is 0. The van der Waals surface area contributed by atoms with Crippen LogP contribution in [0.4, 0.5) is 0 Å². The van der Waals surface area contributed by atoms with Crippen LogP contribution in [-0.4, -0.2) is 15.9 Å². The zero-order valence-electron chi connectivity index (χ0n) is 8.00. The first-order valence-electron chi connectivity index (χ1n) is 4.56. The summed E-state index contributed by atoms with van der Waals surface area (Å²) in [6.07, 6.45) is 2.83. The van der Waals surface area contributed by atoms with Crippen molar-refractivity contribution in [1.82, 2.24) is 9.38 Å². The molecule has 0 radical (unpaired) electrons. The molecular weight excluding hydrogens is 242 g/mol. The van der Waals surface area contributed by atoms with Gasteiger partial charge in [0.1, 0.15) is 5.82 Å². The molecule has 2 aromatic rings. The van der Waals surface area contributed by atoms with Crippen molar-refractivity contribution >= 4 is 21.4 Å². The number of aryl methyl sites for hydroxylation is 1. The molecule has 3 nitrogen and oxygen atoms in total. The Morgan fingerprint density at radius 2 is 2.36 bits per heavy atom. The quantitative estimate of drug-likeness (QED) is 0.889. The van der Waals surface area contributed by atoms with Crippen molar-refractivity contribution in [3.8, 4) is 0 Å². The maximum atomic E-state index is 5.53. The summed E-state index contributed by atoms with van der Waals surface area (Å²) in [5.74, 6) is 1.03. The molecule has 0 aliphatic rings. The Bertz CT molecular complexity index is 462. The highest BCUT2D eigenvalue weighted by atomic mass is 79.9. The zero-order valence-corrected chi connectivity index (χ0v) is 9.58. The number of halogens is 1. The minimum Gasteiger partial charge on any atom is -0.330 e. The molecule has 0 atom stereocenters. The van der Waals surface area contributed by atoms with Gasteiger partial charge in [-0.25, -0.2) is 4.98 Å². The lowest BCUT2D eigenvalue weighted by Gasteiger charge is -2.00. The largest absolute Gasteiger partial charge is 0.330 e.